The molecule has 2 heterocycles. The molecule has 0 bridgehead atoms. The minimum absolute atomic E-state index is 0.125. The molecular formula is C17H18BrN3O2. The molecule has 1 aromatic carbocycles. The van der Waals surface area contributed by atoms with Gasteiger partial charge in [-0.05, 0) is 55.7 Å². The Morgan fingerprint density at radius 2 is 2.22 bits per heavy atom. The zero-order valence-electron chi connectivity index (χ0n) is 12.8. The highest BCUT2D eigenvalue weighted by Crippen LogP contribution is 2.24. The fraction of sp³-hybridized carbons (Fsp3) is 0.294. The molecule has 3 rings (SSSR count). The van der Waals surface area contributed by atoms with E-state index in [-0.39, 0.29) is 12.0 Å². The number of halogens is 1. The van der Waals surface area contributed by atoms with Crippen LogP contribution in [0, 0.1) is 6.92 Å². The number of ether oxygens (including phenoxy) is 1. The molecule has 0 aliphatic carbocycles. The molecule has 0 spiro atoms. The fourth-order valence-corrected chi connectivity index (χ4v) is 2.93. The average molecular weight is 376 g/mol. The third-order valence-corrected chi connectivity index (χ3v) is 4.20. The van der Waals surface area contributed by atoms with Crippen molar-refractivity contribution >= 4 is 39.0 Å². The van der Waals surface area contributed by atoms with Crippen molar-refractivity contribution in [2.24, 2.45) is 0 Å². The summed E-state index contributed by atoms with van der Waals surface area (Å²) < 4.78 is 6.40. The molecule has 1 amide bonds. The van der Waals surface area contributed by atoms with Crippen LogP contribution in [0.25, 0.3) is 0 Å². The van der Waals surface area contributed by atoms with Crippen LogP contribution < -0.4 is 10.6 Å². The van der Waals surface area contributed by atoms with E-state index in [4.69, 9.17) is 4.74 Å². The fourth-order valence-electron chi connectivity index (χ4n) is 2.46. The first-order chi connectivity index (χ1) is 11.1. The molecule has 6 heteroatoms. The normalized spacial score (nSPS) is 17.0. The zero-order chi connectivity index (χ0) is 16.2. The standard InChI is InChI=1S/C17H18BrN3O2/c1-11-9-12(18)4-6-14(11)20-13-5-7-16(19-10-13)21-17(22)15-3-2-8-23-15/h4-7,9-10,15,20H,2-3,8H2,1H3,(H,19,21,22). The van der Waals surface area contributed by atoms with Gasteiger partial charge in [0, 0.05) is 16.8 Å². The van der Waals surface area contributed by atoms with Crippen molar-refractivity contribution in [1.29, 1.82) is 0 Å². The predicted molar refractivity (Wildman–Crippen MR) is 94.0 cm³/mol. The van der Waals surface area contributed by atoms with Gasteiger partial charge in [-0.2, -0.15) is 0 Å². The Labute approximate surface area is 143 Å². The number of carbonyl (C=O) groups excluding carboxylic acids is 1. The Balaban J connectivity index is 1.63. The Morgan fingerprint density at radius 3 is 2.87 bits per heavy atom. The minimum Gasteiger partial charge on any atom is -0.368 e. The second kappa shape index (κ2) is 7.10. The largest absolute Gasteiger partial charge is 0.368 e. The first-order valence-electron chi connectivity index (χ1n) is 7.53. The highest BCUT2D eigenvalue weighted by molar-refractivity contribution is 9.10. The number of nitrogens with zero attached hydrogens (tertiary/aromatic N) is 1. The van der Waals surface area contributed by atoms with Crippen molar-refractivity contribution < 1.29 is 9.53 Å². The van der Waals surface area contributed by atoms with Gasteiger partial charge in [-0.3, -0.25) is 4.79 Å². The molecule has 1 atom stereocenters. The second-order valence-electron chi connectivity index (χ2n) is 5.51. The molecule has 1 fully saturated rings. The van der Waals surface area contributed by atoms with E-state index in [0.717, 1.165) is 34.3 Å². The zero-order valence-corrected chi connectivity index (χ0v) is 14.4. The maximum absolute atomic E-state index is 12.0. The minimum atomic E-state index is -0.347. The highest BCUT2D eigenvalue weighted by Gasteiger charge is 2.23. The lowest BCUT2D eigenvalue weighted by molar-refractivity contribution is -0.124. The number of amides is 1. The number of aromatic nitrogens is 1. The van der Waals surface area contributed by atoms with Gasteiger partial charge in [-0.1, -0.05) is 15.9 Å². The number of nitrogens with one attached hydrogen (secondary N) is 2. The van der Waals surface area contributed by atoms with E-state index in [1.165, 1.54) is 0 Å². The number of hydrogen-bond acceptors (Lipinski definition) is 4. The van der Waals surface area contributed by atoms with Crippen molar-refractivity contribution in [2.45, 2.75) is 25.9 Å². The van der Waals surface area contributed by atoms with Crippen LogP contribution >= 0.6 is 15.9 Å². The maximum atomic E-state index is 12.0. The molecular weight excluding hydrogens is 358 g/mol. The van der Waals surface area contributed by atoms with Gasteiger partial charge in [-0.15, -0.1) is 0 Å². The third kappa shape index (κ3) is 4.09. The number of hydrogen-bond donors (Lipinski definition) is 2. The van der Waals surface area contributed by atoms with Crippen LogP contribution in [0.4, 0.5) is 17.2 Å². The summed E-state index contributed by atoms with van der Waals surface area (Å²) in [4.78, 5) is 16.2. The molecule has 1 aliphatic heterocycles. The number of carbonyl (C=O) groups is 1. The molecule has 2 aromatic rings. The number of anilines is 3. The van der Waals surface area contributed by atoms with Crippen molar-refractivity contribution in [2.75, 3.05) is 17.2 Å². The van der Waals surface area contributed by atoms with Gasteiger partial charge in [0.2, 0.25) is 0 Å². The van der Waals surface area contributed by atoms with E-state index in [1.54, 1.807) is 12.3 Å². The van der Waals surface area contributed by atoms with Gasteiger partial charge in [0.1, 0.15) is 11.9 Å². The number of benzene rings is 1. The van der Waals surface area contributed by atoms with E-state index < -0.39 is 0 Å². The summed E-state index contributed by atoms with van der Waals surface area (Å²) in [5.74, 6) is 0.406. The number of aryl methyl sites for hydroxylation is 1. The van der Waals surface area contributed by atoms with Crippen LogP contribution in [0.2, 0.25) is 0 Å². The van der Waals surface area contributed by atoms with Gasteiger partial charge in [-0.25, -0.2) is 4.98 Å². The quantitative estimate of drug-likeness (QED) is 0.846. The first-order valence-corrected chi connectivity index (χ1v) is 8.33. The average Bonchev–Trinajstić information content (AvgIpc) is 3.06. The van der Waals surface area contributed by atoms with Gasteiger partial charge < -0.3 is 15.4 Å². The molecule has 0 radical (unpaired) electrons. The van der Waals surface area contributed by atoms with Crippen LogP contribution in [0.5, 0.6) is 0 Å². The van der Waals surface area contributed by atoms with Crippen molar-refractivity contribution in [3.8, 4) is 0 Å². The summed E-state index contributed by atoms with van der Waals surface area (Å²) in [6, 6.07) is 9.71. The van der Waals surface area contributed by atoms with E-state index in [1.807, 2.05) is 31.2 Å². The van der Waals surface area contributed by atoms with Crippen molar-refractivity contribution in [3.05, 3.63) is 46.6 Å². The smallest absolute Gasteiger partial charge is 0.254 e. The van der Waals surface area contributed by atoms with Gasteiger partial charge >= 0.3 is 0 Å². The summed E-state index contributed by atoms with van der Waals surface area (Å²) in [6.45, 7) is 2.69. The summed E-state index contributed by atoms with van der Waals surface area (Å²) in [5.41, 5.74) is 3.02. The van der Waals surface area contributed by atoms with E-state index in [2.05, 4.69) is 31.5 Å². The van der Waals surface area contributed by atoms with E-state index in [9.17, 15) is 4.79 Å². The molecule has 1 aliphatic rings. The Kier molecular flexibility index (Phi) is 4.93. The van der Waals surface area contributed by atoms with Crippen molar-refractivity contribution in [3.63, 3.8) is 0 Å². The summed E-state index contributed by atoms with van der Waals surface area (Å²) in [6.07, 6.45) is 3.06. The molecule has 1 unspecified atom stereocenters. The van der Waals surface area contributed by atoms with Gasteiger partial charge in [0.25, 0.3) is 5.91 Å². The Bertz CT molecular complexity index is 697. The topological polar surface area (TPSA) is 63.2 Å². The molecule has 0 saturated carbocycles. The highest BCUT2D eigenvalue weighted by atomic mass is 79.9. The van der Waals surface area contributed by atoms with Crippen molar-refractivity contribution in [1.82, 2.24) is 4.98 Å². The molecule has 1 saturated heterocycles. The monoisotopic (exact) mass is 375 g/mol. The third-order valence-electron chi connectivity index (χ3n) is 3.70. The van der Waals surface area contributed by atoms with Gasteiger partial charge in [0.05, 0.1) is 11.9 Å². The second-order valence-corrected chi connectivity index (χ2v) is 6.42. The van der Waals surface area contributed by atoms with E-state index >= 15 is 0 Å². The van der Waals surface area contributed by atoms with Crippen LogP contribution in [0.15, 0.2) is 41.0 Å². The SMILES string of the molecule is Cc1cc(Br)ccc1Nc1ccc(NC(=O)C2CCCO2)nc1. The summed E-state index contributed by atoms with van der Waals surface area (Å²) in [5, 5.41) is 6.10. The molecule has 2 N–H and O–H groups in total. The Hall–Kier alpha value is -1.92. The Morgan fingerprint density at radius 1 is 1.35 bits per heavy atom. The molecule has 5 nitrogen and oxygen atoms in total. The summed E-state index contributed by atoms with van der Waals surface area (Å²) in [7, 11) is 0. The van der Waals surface area contributed by atoms with Crippen LogP contribution in [0.3, 0.4) is 0 Å². The number of rotatable bonds is 4. The number of pyridine rings is 1. The first kappa shape index (κ1) is 16.0. The lowest BCUT2D eigenvalue weighted by atomic mass is 10.2. The lowest BCUT2D eigenvalue weighted by Crippen LogP contribution is -2.27. The van der Waals surface area contributed by atoms with Crippen LogP contribution in [-0.4, -0.2) is 23.6 Å². The van der Waals surface area contributed by atoms with Crippen LogP contribution in [0.1, 0.15) is 18.4 Å². The van der Waals surface area contributed by atoms with Crippen LogP contribution in [-0.2, 0) is 9.53 Å². The lowest BCUT2D eigenvalue weighted by Gasteiger charge is -2.12. The maximum Gasteiger partial charge on any atom is 0.254 e. The van der Waals surface area contributed by atoms with E-state index in [0.29, 0.717) is 12.4 Å². The molecule has 23 heavy (non-hydrogen) atoms. The summed E-state index contributed by atoms with van der Waals surface area (Å²) >= 11 is 3.45. The molecule has 1 aromatic heterocycles. The predicted octanol–water partition coefficient (Wildman–Crippen LogP) is 4.01. The van der Waals surface area contributed by atoms with Gasteiger partial charge in [0.15, 0.2) is 0 Å². The molecule has 120 valence electrons.